The molecule has 0 aliphatic heterocycles. The van der Waals surface area contributed by atoms with Gasteiger partial charge in [-0.1, -0.05) is 31.5 Å². The van der Waals surface area contributed by atoms with Crippen molar-refractivity contribution in [3.05, 3.63) is 34.9 Å². The van der Waals surface area contributed by atoms with E-state index in [-0.39, 0.29) is 6.10 Å². The predicted molar refractivity (Wildman–Crippen MR) is 72.1 cm³/mol. The lowest BCUT2D eigenvalue weighted by atomic mass is 9.90. The molecule has 1 aliphatic rings. The summed E-state index contributed by atoms with van der Waals surface area (Å²) < 4.78 is 0. The van der Waals surface area contributed by atoms with Gasteiger partial charge in [0.25, 0.3) is 0 Å². The van der Waals surface area contributed by atoms with Crippen molar-refractivity contribution in [2.75, 3.05) is 0 Å². The average molecular weight is 232 g/mol. The van der Waals surface area contributed by atoms with E-state index in [0.717, 1.165) is 12.3 Å². The van der Waals surface area contributed by atoms with Gasteiger partial charge in [0.15, 0.2) is 0 Å². The molecule has 2 rings (SSSR count). The third kappa shape index (κ3) is 2.90. The lowest BCUT2D eigenvalue weighted by molar-refractivity contribution is 0.109. The fourth-order valence-electron chi connectivity index (χ4n) is 3.15. The minimum absolute atomic E-state index is 0.153. The Morgan fingerprint density at radius 1 is 1.24 bits per heavy atom. The molecule has 1 N–H and O–H groups in total. The molecule has 1 saturated carbocycles. The second-order valence-electron chi connectivity index (χ2n) is 5.82. The van der Waals surface area contributed by atoms with E-state index in [1.54, 1.807) is 0 Å². The monoisotopic (exact) mass is 232 g/mol. The zero-order valence-corrected chi connectivity index (χ0v) is 11.2. The Bertz CT molecular complexity index is 363. The van der Waals surface area contributed by atoms with Gasteiger partial charge in [0, 0.05) is 0 Å². The highest BCUT2D eigenvalue weighted by Crippen LogP contribution is 2.34. The Balaban J connectivity index is 2.05. The highest BCUT2D eigenvalue weighted by atomic mass is 16.3. The molecule has 1 aromatic carbocycles. The van der Waals surface area contributed by atoms with Crippen LogP contribution in [0, 0.1) is 25.7 Å². The fraction of sp³-hybridized carbons (Fsp3) is 0.625. The molecule has 94 valence electrons. The van der Waals surface area contributed by atoms with Gasteiger partial charge >= 0.3 is 0 Å². The topological polar surface area (TPSA) is 20.2 Å². The summed E-state index contributed by atoms with van der Waals surface area (Å²) in [5.74, 6) is 1.32. The Morgan fingerprint density at radius 3 is 2.41 bits per heavy atom. The zero-order chi connectivity index (χ0) is 12.4. The smallest absolute Gasteiger partial charge is 0.0609 e. The number of aliphatic hydroxyl groups excluding tert-OH is 1. The highest BCUT2D eigenvalue weighted by molar-refractivity contribution is 5.34. The number of hydrogen-bond acceptors (Lipinski definition) is 1. The van der Waals surface area contributed by atoms with Gasteiger partial charge in [-0.3, -0.25) is 0 Å². The molecule has 3 unspecified atom stereocenters. The van der Waals surface area contributed by atoms with Crippen molar-refractivity contribution in [2.45, 2.75) is 52.6 Å². The minimum Gasteiger partial charge on any atom is -0.392 e. The molecule has 1 aliphatic carbocycles. The van der Waals surface area contributed by atoms with Crippen LogP contribution in [0.5, 0.6) is 0 Å². The number of rotatable bonds is 3. The summed E-state index contributed by atoms with van der Waals surface area (Å²) in [7, 11) is 0. The molecule has 3 atom stereocenters. The van der Waals surface area contributed by atoms with Crippen molar-refractivity contribution in [3.8, 4) is 0 Å². The lowest BCUT2D eigenvalue weighted by Gasteiger charge is -2.20. The summed E-state index contributed by atoms with van der Waals surface area (Å²) in [4.78, 5) is 0. The SMILES string of the molecule is Cc1cccc(C)c1CC(O)C1CCC(C)C1. The van der Waals surface area contributed by atoms with Crippen molar-refractivity contribution < 1.29 is 5.11 Å². The largest absolute Gasteiger partial charge is 0.392 e. The molecule has 1 fully saturated rings. The van der Waals surface area contributed by atoms with Crippen LogP contribution in [0.3, 0.4) is 0 Å². The van der Waals surface area contributed by atoms with Gasteiger partial charge in [-0.15, -0.1) is 0 Å². The molecule has 17 heavy (non-hydrogen) atoms. The van der Waals surface area contributed by atoms with E-state index in [0.29, 0.717) is 5.92 Å². The standard InChI is InChI=1S/C16H24O/c1-11-7-8-14(9-11)16(17)10-15-12(2)5-4-6-13(15)3/h4-6,11,14,16-17H,7-10H2,1-3H3. The third-order valence-electron chi connectivity index (χ3n) is 4.34. The Morgan fingerprint density at radius 2 is 1.88 bits per heavy atom. The molecule has 0 heterocycles. The van der Waals surface area contributed by atoms with Crippen LogP contribution < -0.4 is 0 Å². The normalized spacial score (nSPS) is 26.1. The van der Waals surface area contributed by atoms with Gasteiger partial charge in [0.1, 0.15) is 0 Å². The van der Waals surface area contributed by atoms with Crippen molar-refractivity contribution in [1.82, 2.24) is 0 Å². The van der Waals surface area contributed by atoms with Gasteiger partial charge < -0.3 is 5.11 Å². The first-order valence-corrected chi connectivity index (χ1v) is 6.81. The van der Waals surface area contributed by atoms with E-state index in [1.165, 1.54) is 36.0 Å². The zero-order valence-electron chi connectivity index (χ0n) is 11.2. The van der Waals surface area contributed by atoms with Crippen molar-refractivity contribution in [2.24, 2.45) is 11.8 Å². The minimum atomic E-state index is -0.153. The molecule has 0 aromatic heterocycles. The molecule has 1 nitrogen and oxygen atoms in total. The second kappa shape index (κ2) is 5.22. The first-order valence-electron chi connectivity index (χ1n) is 6.81. The van der Waals surface area contributed by atoms with Crippen LogP contribution in [0.25, 0.3) is 0 Å². The summed E-state index contributed by atoms with van der Waals surface area (Å²) in [6, 6.07) is 6.39. The maximum atomic E-state index is 10.4. The van der Waals surface area contributed by atoms with Crippen molar-refractivity contribution >= 4 is 0 Å². The molecule has 0 spiro atoms. The van der Waals surface area contributed by atoms with Crippen LogP contribution in [0.1, 0.15) is 42.9 Å². The van der Waals surface area contributed by atoms with Crippen LogP contribution in [0.4, 0.5) is 0 Å². The van der Waals surface area contributed by atoms with Gasteiger partial charge in [-0.25, -0.2) is 0 Å². The molecular weight excluding hydrogens is 208 g/mol. The van der Waals surface area contributed by atoms with E-state index < -0.39 is 0 Å². The van der Waals surface area contributed by atoms with Gasteiger partial charge in [-0.2, -0.15) is 0 Å². The number of benzene rings is 1. The van der Waals surface area contributed by atoms with Crippen LogP contribution in [-0.4, -0.2) is 11.2 Å². The summed E-state index contributed by atoms with van der Waals surface area (Å²) in [5.41, 5.74) is 3.98. The lowest BCUT2D eigenvalue weighted by Crippen LogP contribution is -2.21. The van der Waals surface area contributed by atoms with E-state index >= 15 is 0 Å². The molecular formula is C16H24O. The van der Waals surface area contributed by atoms with E-state index in [4.69, 9.17) is 0 Å². The number of aliphatic hydroxyl groups is 1. The van der Waals surface area contributed by atoms with Gasteiger partial charge in [-0.05, 0) is 61.6 Å². The van der Waals surface area contributed by atoms with E-state index in [2.05, 4.69) is 39.0 Å². The summed E-state index contributed by atoms with van der Waals surface area (Å²) >= 11 is 0. The average Bonchev–Trinajstić information content (AvgIpc) is 2.70. The first-order chi connectivity index (χ1) is 8.08. The summed E-state index contributed by atoms with van der Waals surface area (Å²) in [5, 5.41) is 10.4. The maximum absolute atomic E-state index is 10.4. The third-order valence-corrected chi connectivity index (χ3v) is 4.34. The number of hydrogen-bond donors (Lipinski definition) is 1. The molecule has 1 heteroatoms. The van der Waals surface area contributed by atoms with Crippen molar-refractivity contribution in [1.29, 1.82) is 0 Å². The maximum Gasteiger partial charge on any atom is 0.0609 e. The van der Waals surface area contributed by atoms with Gasteiger partial charge in [0.2, 0.25) is 0 Å². The Kier molecular flexibility index (Phi) is 3.88. The molecule has 0 amide bonds. The Labute approximate surface area is 105 Å². The number of aryl methyl sites for hydroxylation is 2. The molecule has 0 bridgehead atoms. The van der Waals surface area contributed by atoms with Crippen LogP contribution in [0.15, 0.2) is 18.2 Å². The second-order valence-corrected chi connectivity index (χ2v) is 5.82. The van der Waals surface area contributed by atoms with E-state index in [9.17, 15) is 5.11 Å². The molecule has 1 aromatic rings. The molecule has 0 radical (unpaired) electrons. The Hall–Kier alpha value is -0.820. The first kappa shape index (κ1) is 12.6. The summed E-state index contributed by atoms with van der Waals surface area (Å²) in [6.07, 6.45) is 4.36. The van der Waals surface area contributed by atoms with Gasteiger partial charge in [0.05, 0.1) is 6.10 Å². The van der Waals surface area contributed by atoms with Crippen LogP contribution in [0.2, 0.25) is 0 Å². The van der Waals surface area contributed by atoms with Crippen molar-refractivity contribution in [3.63, 3.8) is 0 Å². The van der Waals surface area contributed by atoms with Crippen LogP contribution >= 0.6 is 0 Å². The fourth-order valence-corrected chi connectivity index (χ4v) is 3.15. The van der Waals surface area contributed by atoms with E-state index in [1.807, 2.05) is 0 Å². The highest BCUT2D eigenvalue weighted by Gasteiger charge is 2.27. The van der Waals surface area contributed by atoms with Crippen LogP contribution in [-0.2, 0) is 6.42 Å². The quantitative estimate of drug-likeness (QED) is 0.843. The summed E-state index contributed by atoms with van der Waals surface area (Å²) in [6.45, 7) is 6.59. The predicted octanol–water partition coefficient (Wildman–Crippen LogP) is 3.64. The molecule has 0 saturated heterocycles.